The molecule has 2 aliphatic heterocycles. The number of benzene rings is 1. The molecule has 2 fully saturated rings. The maximum atomic E-state index is 13.3. The Kier molecular flexibility index (Phi) is 2.76. The molecule has 0 aromatic heterocycles. The van der Waals surface area contributed by atoms with Gasteiger partial charge in [0, 0.05) is 24.3 Å². The van der Waals surface area contributed by atoms with Crippen LogP contribution in [0.1, 0.15) is 31.2 Å². The highest BCUT2D eigenvalue weighted by molar-refractivity contribution is 5.81. The van der Waals surface area contributed by atoms with Gasteiger partial charge in [0.2, 0.25) is 0 Å². The van der Waals surface area contributed by atoms with Crippen molar-refractivity contribution in [3.63, 3.8) is 0 Å². The first-order chi connectivity index (χ1) is 10.1. The number of carbonyl (C=O) groups excluding carboxylic acids is 1. The van der Waals surface area contributed by atoms with Gasteiger partial charge in [-0.25, -0.2) is 0 Å². The zero-order valence-electron chi connectivity index (χ0n) is 12.1. The van der Waals surface area contributed by atoms with Crippen LogP contribution in [0.5, 0.6) is 5.75 Å². The molecule has 112 valence electrons. The van der Waals surface area contributed by atoms with Crippen LogP contribution < -0.4 is 10.1 Å². The number of nitrogens with one attached hydrogen (secondary N) is 1. The summed E-state index contributed by atoms with van der Waals surface area (Å²) < 4.78 is 18.5. The van der Waals surface area contributed by atoms with Crippen molar-refractivity contribution in [2.75, 3.05) is 18.9 Å². The maximum Gasteiger partial charge on any atom is 0.318 e. The van der Waals surface area contributed by atoms with Gasteiger partial charge < -0.3 is 15.0 Å². The molecular formula is C16H19FN2O2. The van der Waals surface area contributed by atoms with E-state index < -0.39 is 6.48 Å². The van der Waals surface area contributed by atoms with E-state index in [0.717, 1.165) is 19.4 Å². The van der Waals surface area contributed by atoms with Crippen LogP contribution in [0.25, 0.3) is 0 Å². The fourth-order valence-electron chi connectivity index (χ4n) is 4.24. The monoisotopic (exact) mass is 290 g/mol. The Morgan fingerprint density at radius 2 is 2.29 bits per heavy atom. The molecule has 0 amide bonds. The second kappa shape index (κ2) is 4.44. The van der Waals surface area contributed by atoms with Gasteiger partial charge in [0.25, 0.3) is 0 Å². The molecule has 3 atom stereocenters. The molecule has 2 heterocycles. The molecule has 1 saturated heterocycles. The third-order valence-corrected chi connectivity index (χ3v) is 5.41. The second-order valence-corrected chi connectivity index (χ2v) is 6.43. The van der Waals surface area contributed by atoms with E-state index in [1.807, 2.05) is 12.1 Å². The summed E-state index contributed by atoms with van der Waals surface area (Å²) in [5.41, 5.74) is 1.89. The number of alkyl halides is 1. The van der Waals surface area contributed by atoms with Gasteiger partial charge in [-0.2, -0.15) is 4.39 Å². The average Bonchev–Trinajstić information content (AvgIpc) is 2.99. The van der Waals surface area contributed by atoms with Crippen LogP contribution in [-0.2, 0) is 10.2 Å². The van der Waals surface area contributed by atoms with E-state index >= 15 is 0 Å². The predicted molar refractivity (Wildman–Crippen MR) is 77.2 cm³/mol. The van der Waals surface area contributed by atoms with Crippen molar-refractivity contribution >= 4 is 11.5 Å². The van der Waals surface area contributed by atoms with Gasteiger partial charge in [0.15, 0.2) is 0 Å². The van der Waals surface area contributed by atoms with E-state index in [4.69, 9.17) is 4.74 Å². The molecular weight excluding hydrogens is 271 g/mol. The van der Waals surface area contributed by atoms with Crippen molar-refractivity contribution < 1.29 is 13.9 Å². The number of ether oxygens (including phenoxy) is 1. The molecule has 21 heavy (non-hydrogen) atoms. The molecule has 5 heteroatoms. The number of Topliss-reactive ketones (excluding diaryl/α,β-unsaturated/α-hetero) is 1. The quantitative estimate of drug-likeness (QED) is 0.807. The number of fused-ring (bicyclic) bond motifs is 2. The first kappa shape index (κ1) is 13.1. The number of likely N-dealkylation sites (tertiary alicyclic amines) is 1. The summed E-state index contributed by atoms with van der Waals surface area (Å²) in [6, 6.07) is 6.18. The predicted octanol–water partition coefficient (Wildman–Crippen LogP) is 2.44. The minimum Gasteiger partial charge on any atom is -0.441 e. The lowest BCUT2D eigenvalue weighted by molar-refractivity contribution is -0.122. The summed E-state index contributed by atoms with van der Waals surface area (Å²) >= 11 is 0. The summed E-state index contributed by atoms with van der Waals surface area (Å²) in [4.78, 5) is 14.1. The standard InChI is InChI=1S/C16H19FN2O2/c1-19-7-6-16(5-4-11(20)9-14(16)19)10-2-3-12-13(8-10)21-15(17)18-12/h2-3,8,14-15,18H,4-7,9H2,1H3/t14-,15-,16-/m0/s1. The minimum atomic E-state index is -1.46. The summed E-state index contributed by atoms with van der Waals surface area (Å²) in [5.74, 6) is 0.937. The Labute approximate surface area is 123 Å². The minimum absolute atomic E-state index is 0.00937. The molecule has 1 aromatic carbocycles. The summed E-state index contributed by atoms with van der Waals surface area (Å²) in [6.07, 6.45) is 3.20. The molecule has 0 spiro atoms. The molecule has 0 unspecified atom stereocenters. The van der Waals surface area contributed by atoms with Gasteiger partial charge in [-0.15, -0.1) is 0 Å². The topological polar surface area (TPSA) is 41.6 Å². The third-order valence-electron chi connectivity index (χ3n) is 5.41. The highest BCUT2D eigenvalue weighted by Gasteiger charge is 2.50. The van der Waals surface area contributed by atoms with Crippen molar-refractivity contribution in [2.45, 2.75) is 43.6 Å². The number of anilines is 1. The number of hydrogen-bond acceptors (Lipinski definition) is 4. The lowest BCUT2D eigenvalue weighted by atomic mass is 9.66. The van der Waals surface area contributed by atoms with Crippen molar-refractivity contribution in [3.05, 3.63) is 23.8 Å². The Bertz CT molecular complexity index is 606. The maximum absolute atomic E-state index is 13.3. The molecule has 3 aliphatic rings. The van der Waals surface area contributed by atoms with Crippen molar-refractivity contribution in [1.82, 2.24) is 4.90 Å². The molecule has 4 nitrogen and oxygen atoms in total. The number of halogens is 1. The van der Waals surface area contributed by atoms with Crippen LogP contribution in [0.4, 0.5) is 10.1 Å². The number of ketones is 1. The van der Waals surface area contributed by atoms with Crippen molar-refractivity contribution in [2.24, 2.45) is 0 Å². The molecule has 1 N–H and O–H groups in total. The number of likely N-dealkylation sites (N-methyl/N-ethyl adjacent to an activating group) is 1. The van der Waals surface area contributed by atoms with Crippen LogP contribution in [0.15, 0.2) is 18.2 Å². The number of rotatable bonds is 1. The molecule has 1 aliphatic carbocycles. The van der Waals surface area contributed by atoms with Crippen LogP contribution >= 0.6 is 0 Å². The largest absolute Gasteiger partial charge is 0.441 e. The third kappa shape index (κ3) is 1.87. The summed E-state index contributed by atoms with van der Waals surface area (Å²) in [6.45, 7) is -0.456. The van der Waals surface area contributed by atoms with Crippen LogP contribution in [0.3, 0.4) is 0 Å². The van der Waals surface area contributed by atoms with Crippen molar-refractivity contribution in [1.29, 1.82) is 0 Å². The average molecular weight is 290 g/mol. The SMILES string of the molecule is CN1CC[C@]2(c3ccc4c(c3)O[C@@H](F)N4)CCC(=O)C[C@H]12. The highest BCUT2D eigenvalue weighted by Crippen LogP contribution is 2.49. The smallest absolute Gasteiger partial charge is 0.318 e. The molecule has 4 rings (SSSR count). The molecule has 1 aromatic rings. The lowest BCUT2D eigenvalue weighted by Gasteiger charge is -2.41. The Hall–Kier alpha value is -1.62. The Morgan fingerprint density at radius 1 is 1.43 bits per heavy atom. The van der Waals surface area contributed by atoms with E-state index in [1.54, 1.807) is 0 Å². The van der Waals surface area contributed by atoms with Gasteiger partial charge in [-0.3, -0.25) is 4.79 Å². The van der Waals surface area contributed by atoms with Gasteiger partial charge >= 0.3 is 6.48 Å². The number of carbonyl (C=O) groups is 1. The summed E-state index contributed by atoms with van der Waals surface area (Å²) in [5, 5.41) is 2.65. The van der Waals surface area contributed by atoms with Crippen LogP contribution in [0.2, 0.25) is 0 Å². The van der Waals surface area contributed by atoms with E-state index in [-0.39, 0.29) is 11.5 Å². The zero-order valence-corrected chi connectivity index (χ0v) is 12.1. The normalized spacial score (nSPS) is 35.0. The fraction of sp³-hybridized carbons (Fsp3) is 0.562. The van der Waals surface area contributed by atoms with Crippen molar-refractivity contribution in [3.8, 4) is 5.75 Å². The van der Waals surface area contributed by atoms with E-state index in [2.05, 4.69) is 23.3 Å². The lowest BCUT2D eigenvalue weighted by Crippen LogP contribution is -2.46. The van der Waals surface area contributed by atoms with Gasteiger partial charge in [-0.1, -0.05) is 6.07 Å². The first-order valence-corrected chi connectivity index (χ1v) is 7.52. The van der Waals surface area contributed by atoms with E-state index in [9.17, 15) is 9.18 Å². The summed E-state index contributed by atoms with van der Waals surface area (Å²) in [7, 11) is 2.09. The second-order valence-electron chi connectivity index (χ2n) is 6.43. The van der Waals surface area contributed by atoms with E-state index in [0.29, 0.717) is 30.1 Å². The van der Waals surface area contributed by atoms with Gasteiger partial charge in [0.05, 0.1) is 5.69 Å². The first-order valence-electron chi connectivity index (χ1n) is 7.52. The van der Waals surface area contributed by atoms with Crippen LogP contribution in [-0.4, -0.2) is 36.8 Å². The van der Waals surface area contributed by atoms with E-state index in [1.165, 1.54) is 5.56 Å². The Balaban J connectivity index is 1.75. The Morgan fingerprint density at radius 3 is 3.14 bits per heavy atom. The molecule has 0 bridgehead atoms. The number of nitrogens with zero attached hydrogens (tertiary/aromatic N) is 1. The number of hydrogen-bond donors (Lipinski definition) is 1. The molecule has 1 saturated carbocycles. The fourth-order valence-corrected chi connectivity index (χ4v) is 4.24. The van der Waals surface area contributed by atoms with Crippen LogP contribution in [0, 0.1) is 0 Å². The van der Waals surface area contributed by atoms with Gasteiger partial charge in [-0.05, 0) is 44.1 Å². The van der Waals surface area contributed by atoms with Gasteiger partial charge in [0.1, 0.15) is 11.5 Å². The molecule has 0 radical (unpaired) electrons. The highest BCUT2D eigenvalue weighted by atomic mass is 19.1. The zero-order chi connectivity index (χ0) is 14.6.